The van der Waals surface area contributed by atoms with Crippen molar-refractivity contribution in [1.29, 1.82) is 0 Å². The van der Waals surface area contributed by atoms with Gasteiger partial charge in [0, 0.05) is 5.38 Å². The maximum absolute atomic E-state index is 11.7. The predicted molar refractivity (Wildman–Crippen MR) is 62.2 cm³/mol. The van der Waals surface area contributed by atoms with Crippen molar-refractivity contribution in [2.75, 3.05) is 0 Å². The van der Waals surface area contributed by atoms with E-state index in [1.807, 2.05) is 5.38 Å². The Bertz CT molecular complexity index is 340. The predicted octanol–water partition coefficient (Wildman–Crippen LogP) is 1.11. The Morgan fingerprint density at radius 1 is 1.56 bits per heavy atom. The summed E-state index contributed by atoms with van der Waals surface area (Å²) in [5, 5.41) is 14.5. The summed E-state index contributed by atoms with van der Waals surface area (Å²) in [7, 11) is 0. The molecule has 1 aromatic heterocycles. The lowest BCUT2D eigenvalue weighted by atomic mass is 9.92. The Kier molecular flexibility index (Phi) is 3.90. The summed E-state index contributed by atoms with van der Waals surface area (Å²) in [6.07, 6.45) is 3.74. The third kappa shape index (κ3) is 3.02. The number of aliphatic hydroxyl groups is 1. The lowest BCUT2D eigenvalue weighted by Gasteiger charge is -2.28. The molecule has 0 saturated heterocycles. The minimum absolute atomic E-state index is 0.0446. The molecule has 1 fully saturated rings. The molecule has 1 aromatic rings. The van der Waals surface area contributed by atoms with Crippen LogP contribution in [-0.2, 0) is 11.2 Å². The monoisotopic (exact) mass is 240 g/mol. The van der Waals surface area contributed by atoms with Gasteiger partial charge in [-0.25, -0.2) is 4.98 Å². The molecule has 2 unspecified atom stereocenters. The van der Waals surface area contributed by atoms with Crippen LogP contribution >= 0.6 is 11.3 Å². The van der Waals surface area contributed by atoms with Gasteiger partial charge < -0.3 is 10.4 Å². The molecule has 4 nitrogen and oxygen atoms in total. The molecule has 1 aliphatic carbocycles. The molecule has 1 amide bonds. The van der Waals surface area contributed by atoms with Crippen molar-refractivity contribution in [1.82, 2.24) is 10.3 Å². The highest BCUT2D eigenvalue weighted by Crippen LogP contribution is 2.18. The zero-order chi connectivity index (χ0) is 11.4. The molecule has 2 atom stereocenters. The summed E-state index contributed by atoms with van der Waals surface area (Å²) >= 11 is 1.49. The number of aromatic nitrogens is 1. The van der Waals surface area contributed by atoms with E-state index >= 15 is 0 Å². The van der Waals surface area contributed by atoms with Gasteiger partial charge in [-0.2, -0.15) is 0 Å². The summed E-state index contributed by atoms with van der Waals surface area (Å²) in [5.41, 5.74) is 2.52. The molecular formula is C11H16N2O2S. The lowest BCUT2D eigenvalue weighted by molar-refractivity contribution is -0.122. The molecule has 1 aliphatic rings. The van der Waals surface area contributed by atoms with Gasteiger partial charge in [-0.15, -0.1) is 11.3 Å². The number of carbonyl (C=O) groups excluding carboxylic acids is 1. The summed E-state index contributed by atoms with van der Waals surface area (Å²) < 4.78 is 0. The molecule has 0 spiro atoms. The van der Waals surface area contributed by atoms with Crippen LogP contribution in [0.25, 0.3) is 0 Å². The van der Waals surface area contributed by atoms with Crippen LogP contribution in [-0.4, -0.2) is 28.1 Å². The second kappa shape index (κ2) is 5.41. The number of rotatable bonds is 3. The molecule has 88 valence electrons. The normalized spacial score (nSPS) is 25.3. The molecule has 0 aliphatic heterocycles. The Labute approximate surface area is 98.7 Å². The van der Waals surface area contributed by atoms with Gasteiger partial charge in [-0.1, -0.05) is 12.8 Å². The van der Waals surface area contributed by atoms with Gasteiger partial charge in [0.1, 0.15) is 0 Å². The third-order valence-electron chi connectivity index (χ3n) is 2.90. The van der Waals surface area contributed by atoms with E-state index in [0.29, 0.717) is 6.42 Å². The SMILES string of the molecule is O=C(Cc1cscn1)NC1CCCCC1O. The first-order valence-corrected chi connectivity index (χ1v) is 6.54. The Morgan fingerprint density at radius 3 is 3.06 bits per heavy atom. The summed E-state index contributed by atoms with van der Waals surface area (Å²) in [5.74, 6) is -0.0446. The van der Waals surface area contributed by atoms with Crippen molar-refractivity contribution >= 4 is 17.2 Å². The molecule has 1 saturated carbocycles. The first-order chi connectivity index (χ1) is 7.75. The van der Waals surface area contributed by atoms with E-state index in [1.54, 1.807) is 5.51 Å². The number of hydrogen-bond donors (Lipinski definition) is 2. The number of nitrogens with one attached hydrogen (secondary N) is 1. The molecule has 16 heavy (non-hydrogen) atoms. The minimum Gasteiger partial charge on any atom is -0.391 e. The standard InChI is InChI=1S/C11H16N2O2S/c14-10-4-2-1-3-9(10)13-11(15)5-8-6-16-7-12-8/h6-7,9-10,14H,1-5H2,(H,13,15). The van der Waals surface area contributed by atoms with Crippen molar-refractivity contribution in [3.8, 4) is 0 Å². The van der Waals surface area contributed by atoms with Gasteiger partial charge in [0.25, 0.3) is 0 Å². The van der Waals surface area contributed by atoms with Crippen molar-refractivity contribution in [2.24, 2.45) is 0 Å². The summed E-state index contributed by atoms with van der Waals surface area (Å²) in [6.45, 7) is 0. The number of carbonyl (C=O) groups is 1. The maximum atomic E-state index is 11.7. The van der Waals surface area contributed by atoms with Crippen LogP contribution in [0.2, 0.25) is 0 Å². The second-order valence-corrected chi connectivity index (χ2v) is 4.90. The maximum Gasteiger partial charge on any atom is 0.226 e. The van der Waals surface area contributed by atoms with Gasteiger partial charge in [-0.05, 0) is 12.8 Å². The van der Waals surface area contributed by atoms with E-state index in [9.17, 15) is 9.90 Å². The fourth-order valence-electron chi connectivity index (χ4n) is 2.03. The highest BCUT2D eigenvalue weighted by Gasteiger charge is 2.24. The lowest BCUT2D eigenvalue weighted by Crippen LogP contribution is -2.45. The summed E-state index contributed by atoms with van der Waals surface area (Å²) in [4.78, 5) is 15.7. The van der Waals surface area contributed by atoms with E-state index < -0.39 is 0 Å². The molecule has 2 N–H and O–H groups in total. The van der Waals surface area contributed by atoms with Gasteiger partial charge in [0.2, 0.25) is 5.91 Å². The van der Waals surface area contributed by atoms with Gasteiger partial charge in [-0.3, -0.25) is 4.79 Å². The van der Waals surface area contributed by atoms with Crippen LogP contribution in [0.5, 0.6) is 0 Å². The number of nitrogens with zero attached hydrogens (tertiary/aromatic N) is 1. The fourth-order valence-corrected chi connectivity index (χ4v) is 2.59. The van der Waals surface area contributed by atoms with Gasteiger partial charge in [0.05, 0.1) is 29.8 Å². The molecule has 1 heterocycles. The minimum atomic E-state index is -0.381. The molecular weight excluding hydrogens is 224 g/mol. The van der Waals surface area contributed by atoms with Crippen LogP contribution in [0.15, 0.2) is 10.9 Å². The zero-order valence-electron chi connectivity index (χ0n) is 9.06. The smallest absolute Gasteiger partial charge is 0.226 e. The summed E-state index contributed by atoms with van der Waals surface area (Å²) in [6, 6.07) is -0.0696. The molecule has 2 rings (SSSR count). The first kappa shape index (κ1) is 11.5. The second-order valence-electron chi connectivity index (χ2n) is 4.18. The Balaban J connectivity index is 1.82. The Morgan fingerprint density at radius 2 is 2.38 bits per heavy atom. The third-order valence-corrected chi connectivity index (χ3v) is 3.54. The largest absolute Gasteiger partial charge is 0.391 e. The average molecular weight is 240 g/mol. The van der Waals surface area contributed by atoms with Crippen molar-refractivity contribution in [3.63, 3.8) is 0 Å². The molecule has 0 aromatic carbocycles. The average Bonchev–Trinajstić information content (AvgIpc) is 2.74. The van der Waals surface area contributed by atoms with Crippen molar-refractivity contribution < 1.29 is 9.90 Å². The van der Waals surface area contributed by atoms with Crippen LogP contribution in [0.4, 0.5) is 0 Å². The van der Waals surface area contributed by atoms with E-state index in [4.69, 9.17) is 0 Å². The van der Waals surface area contributed by atoms with E-state index in [2.05, 4.69) is 10.3 Å². The van der Waals surface area contributed by atoms with E-state index in [1.165, 1.54) is 11.3 Å². The number of amides is 1. The zero-order valence-corrected chi connectivity index (χ0v) is 9.87. The van der Waals surface area contributed by atoms with Crippen molar-refractivity contribution in [2.45, 2.75) is 44.2 Å². The topological polar surface area (TPSA) is 62.2 Å². The molecule has 0 bridgehead atoms. The number of hydrogen-bond acceptors (Lipinski definition) is 4. The van der Waals surface area contributed by atoms with Crippen LogP contribution in [0, 0.1) is 0 Å². The molecule has 5 heteroatoms. The van der Waals surface area contributed by atoms with Crippen LogP contribution < -0.4 is 5.32 Å². The highest BCUT2D eigenvalue weighted by molar-refractivity contribution is 7.07. The van der Waals surface area contributed by atoms with E-state index in [0.717, 1.165) is 31.4 Å². The quantitative estimate of drug-likeness (QED) is 0.832. The first-order valence-electron chi connectivity index (χ1n) is 5.60. The van der Waals surface area contributed by atoms with Crippen LogP contribution in [0.3, 0.4) is 0 Å². The fraction of sp³-hybridized carbons (Fsp3) is 0.636. The van der Waals surface area contributed by atoms with Gasteiger partial charge >= 0.3 is 0 Å². The van der Waals surface area contributed by atoms with Crippen molar-refractivity contribution in [3.05, 3.63) is 16.6 Å². The van der Waals surface area contributed by atoms with Gasteiger partial charge in [0.15, 0.2) is 0 Å². The van der Waals surface area contributed by atoms with E-state index in [-0.39, 0.29) is 18.1 Å². The van der Waals surface area contributed by atoms with Crippen LogP contribution in [0.1, 0.15) is 31.4 Å². The highest BCUT2D eigenvalue weighted by atomic mass is 32.1. The number of thiazole rings is 1. The molecule has 0 radical (unpaired) electrons. The number of aliphatic hydroxyl groups excluding tert-OH is 1. The Hall–Kier alpha value is -0.940.